The molecule has 0 aromatic heterocycles. The lowest BCUT2D eigenvalue weighted by Gasteiger charge is -2.37. The standard InChI is InChI=1S/C14H30N4O/c1-4-13(2)18-10-8-17(9-11-18)12-14(19)16(3)7-5-6-15/h13H,4-12,15H2,1-3H3. The van der Waals surface area contributed by atoms with Gasteiger partial charge in [-0.05, 0) is 26.3 Å². The van der Waals surface area contributed by atoms with E-state index >= 15 is 0 Å². The average Bonchev–Trinajstić information content (AvgIpc) is 2.44. The van der Waals surface area contributed by atoms with Crippen LogP contribution in [0.25, 0.3) is 0 Å². The zero-order valence-electron chi connectivity index (χ0n) is 12.8. The summed E-state index contributed by atoms with van der Waals surface area (Å²) in [6.45, 7) is 10.6. The Kier molecular flexibility index (Phi) is 7.34. The van der Waals surface area contributed by atoms with Gasteiger partial charge in [-0.2, -0.15) is 0 Å². The number of likely N-dealkylation sites (N-methyl/N-ethyl adjacent to an activating group) is 1. The summed E-state index contributed by atoms with van der Waals surface area (Å²) < 4.78 is 0. The molecule has 1 unspecified atom stereocenters. The molecule has 0 aromatic carbocycles. The van der Waals surface area contributed by atoms with Gasteiger partial charge in [-0.3, -0.25) is 14.6 Å². The van der Waals surface area contributed by atoms with Crippen LogP contribution in [0.5, 0.6) is 0 Å². The average molecular weight is 270 g/mol. The Balaban J connectivity index is 2.26. The first-order valence-corrected chi connectivity index (χ1v) is 7.49. The lowest BCUT2D eigenvalue weighted by molar-refractivity contribution is -0.131. The summed E-state index contributed by atoms with van der Waals surface area (Å²) in [5.41, 5.74) is 5.46. The van der Waals surface area contributed by atoms with Crippen molar-refractivity contribution >= 4 is 5.91 Å². The van der Waals surface area contributed by atoms with Gasteiger partial charge in [-0.25, -0.2) is 0 Å². The van der Waals surface area contributed by atoms with E-state index in [1.807, 2.05) is 7.05 Å². The first-order valence-electron chi connectivity index (χ1n) is 7.49. The van der Waals surface area contributed by atoms with Crippen LogP contribution in [0.3, 0.4) is 0 Å². The number of hydrogen-bond acceptors (Lipinski definition) is 4. The summed E-state index contributed by atoms with van der Waals surface area (Å²) in [7, 11) is 1.87. The summed E-state index contributed by atoms with van der Waals surface area (Å²) >= 11 is 0. The highest BCUT2D eigenvalue weighted by molar-refractivity contribution is 5.77. The molecule has 0 aromatic rings. The van der Waals surface area contributed by atoms with Crippen LogP contribution in [-0.2, 0) is 4.79 Å². The van der Waals surface area contributed by atoms with Crippen LogP contribution in [0.4, 0.5) is 0 Å². The molecule has 1 rings (SSSR count). The van der Waals surface area contributed by atoms with Crippen LogP contribution >= 0.6 is 0 Å². The normalized spacial score (nSPS) is 19.4. The Hall–Kier alpha value is -0.650. The maximum Gasteiger partial charge on any atom is 0.236 e. The van der Waals surface area contributed by atoms with Gasteiger partial charge < -0.3 is 10.6 Å². The second-order valence-electron chi connectivity index (χ2n) is 5.53. The van der Waals surface area contributed by atoms with Gasteiger partial charge in [0.15, 0.2) is 0 Å². The summed E-state index contributed by atoms with van der Waals surface area (Å²) in [6.07, 6.45) is 2.07. The Bertz CT molecular complexity index is 264. The number of amides is 1. The Morgan fingerprint density at radius 2 is 1.95 bits per heavy atom. The molecule has 0 radical (unpaired) electrons. The monoisotopic (exact) mass is 270 g/mol. The van der Waals surface area contributed by atoms with E-state index in [1.165, 1.54) is 6.42 Å². The fourth-order valence-corrected chi connectivity index (χ4v) is 2.39. The third kappa shape index (κ3) is 5.47. The summed E-state index contributed by atoms with van der Waals surface area (Å²) in [5, 5.41) is 0. The van der Waals surface area contributed by atoms with E-state index in [2.05, 4.69) is 23.6 Å². The van der Waals surface area contributed by atoms with Gasteiger partial charge >= 0.3 is 0 Å². The third-order valence-corrected chi connectivity index (χ3v) is 4.10. The molecule has 1 fully saturated rings. The molecule has 2 N–H and O–H groups in total. The molecule has 1 saturated heterocycles. The van der Waals surface area contributed by atoms with Crippen molar-refractivity contribution in [2.75, 3.05) is 52.9 Å². The van der Waals surface area contributed by atoms with Crippen molar-refractivity contribution in [1.82, 2.24) is 14.7 Å². The SMILES string of the molecule is CCC(C)N1CCN(CC(=O)N(C)CCCN)CC1. The number of carbonyl (C=O) groups is 1. The highest BCUT2D eigenvalue weighted by Gasteiger charge is 2.22. The molecule has 5 nitrogen and oxygen atoms in total. The molecule has 1 atom stereocenters. The molecule has 1 aliphatic heterocycles. The summed E-state index contributed by atoms with van der Waals surface area (Å²) in [6, 6.07) is 0.657. The van der Waals surface area contributed by atoms with Gasteiger partial charge in [0.1, 0.15) is 0 Å². The number of piperazine rings is 1. The van der Waals surface area contributed by atoms with Crippen molar-refractivity contribution in [1.29, 1.82) is 0 Å². The van der Waals surface area contributed by atoms with E-state index in [0.29, 0.717) is 19.1 Å². The molecule has 0 saturated carbocycles. The zero-order valence-corrected chi connectivity index (χ0v) is 12.8. The first kappa shape index (κ1) is 16.4. The van der Waals surface area contributed by atoms with Crippen LogP contribution < -0.4 is 5.73 Å². The second-order valence-corrected chi connectivity index (χ2v) is 5.53. The Labute approximate surface area is 117 Å². The van der Waals surface area contributed by atoms with Gasteiger partial charge in [0.2, 0.25) is 5.91 Å². The lowest BCUT2D eigenvalue weighted by Crippen LogP contribution is -2.51. The topological polar surface area (TPSA) is 52.8 Å². The molecule has 1 heterocycles. The van der Waals surface area contributed by atoms with E-state index in [0.717, 1.165) is 39.1 Å². The minimum absolute atomic E-state index is 0.213. The van der Waals surface area contributed by atoms with Crippen LogP contribution in [0, 0.1) is 0 Å². The highest BCUT2D eigenvalue weighted by atomic mass is 16.2. The largest absolute Gasteiger partial charge is 0.345 e. The molecule has 0 spiro atoms. The van der Waals surface area contributed by atoms with Crippen molar-refractivity contribution in [3.05, 3.63) is 0 Å². The quantitative estimate of drug-likeness (QED) is 0.718. The smallest absolute Gasteiger partial charge is 0.236 e. The number of nitrogens with two attached hydrogens (primary N) is 1. The van der Waals surface area contributed by atoms with E-state index in [-0.39, 0.29) is 5.91 Å². The molecular weight excluding hydrogens is 240 g/mol. The van der Waals surface area contributed by atoms with Gasteiger partial charge in [0, 0.05) is 45.8 Å². The predicted octanol–water partition coefficient (Wildman–Crippen LogP) is 0.210. The van der Waals surface area contributed by atoms with E-state index in [9.17, 15) is 4.79 Å². The van der Waals surface area contributed by atoms with Gasteiger partial charge in [0.05, 0.1) is 6.54 Å². The molecule has 19 heavy (non-hydrogen) atoms. The van der Waals surface area contributed by atoms with Crippen molar-refractivity contribution in [2.45, 2.75) is 32.7 Å². The second kappa shape index (κ2) is 8.51. The van der Waals surface area contributed by atoms with Crippen molar-refractivity contribution in [2.24, 2.45) is 5.73 Å². The molecule has 112 valence electrons. The lowest BCUT2D eigenvalue weighted by atomic mass is 10.2. The van der Waals surface area contributed by atoms with Crippen LogP contribution in [0.2, 0.25) is 0 Å². The minimum atomic E-state index is 0.213. The maximum absolute atomic E-state index is 12.0. The van der Waals surface area contributed by atoms with E-state index in [1.54, 1.807) is 4.90 Å². The molecule has 1 amide bonds. The molecule has 1 aliphatic rings. The maximum atomic E-state index is 12.0. The highest BCUT2D eigenvalue weighted by Crippen LogP contribution is 2.08. The van der Waals surface area contributed by atoms with Crippen LogP contribution in [0.15, 0.2) is 0 Å². The van der Waals surface area contributed by atoms with Crippen LogP contribution in [-0.4, -0.2) is 79.5 Å². The molecular formula is C14H30N4O. The predicted molar refractivity (Wildman–Crippen MR) is 79.1 cm³/mol. The van der Waals surface area contributed by atoms with Crippen molar-refractivity contribution in [3.8, 4) is 0 Å². The summed E-state index contributed by atoms with van der Waals surface area (Å²) in [4.78, 5) is 18.6. The Morgan fingerprint density at radius 1 is 1.32 bits per heavy atom. The van der Waals surface area contributed by atoms with Crippen molar-refractivity contribution < 1.29 is 4.79 Å². The zero-order chi connectivity index (χ0) is 14.3. The minimum Gasteiger partial charge on any atom is -0.345 e. The van der Waals surface area contributed by atoms with Crippen molar-refractivity contribution in [3.63, 3.8) is 0 Å². The van der Waals surface area contributed by atoms with Crippen LogP contribution in [0.1, 0.15) is 26.7 Å². The fraction of sp³-hybridized carbons (Fsp3) is 0.929. The fourth-order valence-electron chi connectivity index (χ4n) is 2.39. The van der Waals surface area contributed by atoms with E-state index in [4.69, 9.17) is 5.73 Å². The number of hydrogen-bond donors (Lipinski definition) is 1. The molecule has 0 bridgehead atoms. The molecule has 0 aliphatic carbocycles. The summed E-state index contributed by atoms with van der Waals surface area (Å²) in [5.74, 6) is 0.213. The Morgan fingerprint density at radius 3 is 2.47 bits per heavy atom. The third-order valence-electron chi connectivity index (χ3n) is 4.10. The number of carbonyl (C=O) groups excluding carboxylic acids is 1. The van der Waals surface area contributed by atoms with Gasteiger partial charge in [-0.1, -0.05) is 6.92 Å². The van der Waals surface area contributed by atoms with E-state index < -0.39 is 0 Å². The molecule has 5 heteroatoms. The number of rotatable bonds is 7. The number of nitrogens with zero attached hydrogens (tertiary/aromatic N) is 3. The van der Waals surface area contributed by atoms with Gasteiger partial charge in [0.25, 0.3) is 0 Å². The first-order chi connectivity index (χ1) is 9.08. The van der Waals surface area contributed by atoms with Gasteiger partial charge in [-0.15, -0.1) is 0 Å².